The number of carbonyl (C=O) groups excluding carboxylic acids is 1. The molecule has 1 atom stereocenters. The molecule has 5 nitrogen and oxygen atoms in total. The van der Waals surface area contributed by atoms with Crippen molar-refractivity contribution in [3.05, 3.63) is 42.0 Å². The first kappa shape index (κ1) is 15.6. The Kier molecular flexibility index (Phi) is 5.06. The van der Waals surface area contributed by atoms with E-state index in [9.17, 15) is 19.1 Å². The van der Waals surface area contributed by atoms with E-state index in [-0.39, 0.29) is 17.3 Å². The second-order valence-corrected chi connectivity index (χ2v) is 5.94. The number of ether oxygens (including phenoxy) is 1. The molecule has 0 aliphatic heterocycles. The number of rotatable bonds is 5. The van der Waals surface area contributed by atoms with E-state index in [1.54, 1.807) is 32.0 Å². The maximum absolute atomic E-state index is 11.3. The minimum absolute atomic E-state index is 0.0341. The molecule has 6 heteroatoms. The van der Waals surface area contributed by atoms with Gasteiger partial charge in [-0.1, -0.05) is 24.8 Å². The Morgan fingerprint density at radius 2 is 2.00 bits per heavy atom. The van der Waals surface area contributed by atoms with Crippen LogP contribution in [0.3, 0.4) is 0 Å². The summed E-state index contributed by atoms with van der Waals surface area (Å²) in [5.74, 6) is -0.513. The van der Waals surface area contributed by atoms with Crippen LogP contribution >= 0.6 is 7.60 Å². The van der Waals surface area contributed by atoms with E-state index in [1.807, 2.05) is 0 Å². The van der Waals surface area contributed by atoms with Crippen molar-refractivity contribution in [2.45, 2.75) is 26.4 Å². The molecule has 0 amide bonds. The van der Waals surface area contributed by atoms with Crippen molar-refractivity contribution in [2.24, 2.45) is 0 Å². The van der Waals surface area contributed by atoms with Gasteiger partial charge in [-0.15, -0.1) is 0 Å². The quantitative estimate of drug-likeness (QED) is 0.487. The largest absolute Gasteiger partial charge is 0.459 e. The van der Waals surface area contributed by atoms with E-state index in [0.717, 1.165) is 0 Å². The lowest BCUT2D eigenvalue weighted by molar-refractivity contribution is -0.143. The normalized spacial score (nSPS) is 12.8. The van der Waals surface area contributed by atoms with Crippen LogP contribution in [-0.4, -0.2) is 21.9 Å². The van der Waals surface area contributed by atoms with Crippen molar-refractivity contribution in [3.63, 3.8) is 0 Å². The van der Waals surface area contributed by atoms with Crippen LogP contribution in [0.5, 0.6) is 0 Å². The van der Waals surface area contributed by atoms with Crippen LogP contribution in [-0.2, 0) is 20.5 Å². The number of esters is 1. The Bertz CT molecular complexity index is 532. The molecule has 0 bridgehead atoms. The van der Waals surface area contributed by atoms with Crippen molar-refractivity contribution < 1.29 is 23.9 Å². The van der Waals surface area contributed by atoms with Crippen LogP contribution in [0.1, 0.15) is 19.4 Å². The number of benzene rings is 1. The molecule has 2 N–H and O–H groups in total. The van der Waals surface area contributed by atoms with E-state index >= 15 is 0 Å². The average Bonchev–Trinajstić information content (AvgIpc) is 2.27. The molecule has 1 rings (SSSR count). The monoisotopic (exact) mass is 284 g/mol. The third-order valence-electron chi connectivity index (χ3n) is 2.47. The Balaban J connectivity index is 2.86. The van der Waals surface area contributed by atoms with Crippen molar-refractivity contribution in [3.8, 4) is 0 Å². The van der Waals surface area contributed by atoms with E-state index in [1.165, 1.54) is 6.07 Å². The molecule has 0 saturated carbocycles. The fourth-order valence-corrected chi connectivity index (χ4v) is 2.42. The summed E-state index contributed by atoms with van der Waals surface area (Å²) in [6.07, 6.45) is -0.253. The summed E-state index contributed by atoms with van der Waals surface area (Å²) in [7, 11) is -4.32. The van der Waals surface area contributed by atoms with Crippen LogP contribution in [0.4, 0.5) is 0 Å². The lowest BCUT2D eigenvalue weighted by atomic mass is 10.1. The molecule has 0 radical (unpaired) electrons. The molecule has 0 heterocycles. The lowest BCUT2D eigenvalue weighted by Crippen LogP contribution is -2.21. The van der Waals surface area contributed by atoms with Gasteiger partial charge >= 0.3 is 13.6 Å². The Labute approximate surface area is 112 Å². The van der Waals surface area contributed by atoms with Gasteiger partial charge in [0.25, 0.3) is 0 Å². The number of hydrogen-bond donors (Lipinski definition) is 2. The third-order valence-corrected chi connectivity index (χ3v) is 3.53. The minimum atomic E-state index is -4.32. The maximum Gasteiger partial charge on any atom is 0.356 e. The molecule has 0 aliphatic rings. The standard InChI is InChI=1S/C13H17O5P/c1-9(2)13(14)18-10(3)8-11-6-4-5-7-12(11)19(15,16)17/h4-7,10H,1,8H2,2-3H3,(H2,15,16,17). The van der Waals surface area contributed by atoms with Crippen LogP contribution in [0.15, 0.2) is 36.4 Å². The van der Waals surface area contributed by atoms with Crippen LogP contribution in [0.2, 0.25) is 0 Å². The van der Waals surface area contributed by atoms with Gasteiger partial charge in [0.2, 0.25) is 0 Å². The highest BCUT2D eigenvalue weighted by molar-refractivity contribution is 7.60. The van der Waals surface area contributed by atoms with Crippen molar-refractivity contribution in [1.29, 1.82) is 0 Å². The van der Waals surface area contributed by atoms with Gasteiger partial charge < -0.3 is 14.5 Å². The zero-order valence-corrected chi connectivity index (χ0v) is 11.8. The average molecular weight is 284 g/mol. The summed E-state index contributed by atoms with van der Waals surface area (Å²) in [4.78, 5) is 29.8. The van der Waals surface area contributed by atoms with E-state index < -0.39 is 19.7 Å². The molecule has 0 aliphatic carbocycles. The SMILES string of the molecule is C=C(C)C(=O)OC(C)Cc1ccccc1P(=O)(O)O. The molecule has 0 aromatic heterocycles. The third kappa shape index (κ3) is 4.63. The Morgan fingerprint density at radius 1 is 1.42 bits per heavy atom. The summed E-state index contributed by atoms with van der Waals surface area (Å²) >= 11 is 0. The highest BCUT2D eigenvalue weighted by Crippen LogP contribution is 2.34. The van der Waals surface area contributed by atoms with Crippen molar-refractivity contribution >= 4 is 18.9 Å². The van der Waals surface area contributed by atoms with Crippen LogP contribution in [0.25, 0.3) is 0 Å². The smallest absolute Gasteiger partial charge is 0.356 e. The van der Waals surface area contributed by atoms with Gasteiger partial charge in [-0.25, -0.2) is 4.79 Å². The fraction of sp³-hybridized carbons (Fsp3) is 0.308. The van der Waals surface area contributed by atoms with E-state index in [0.29, 0.717) is 5.56 Å². The first-order valence-electron chi connectivity index (χ1n) is 5.72. The Hall–Kier alpha value is -1.42. The summed E-state index contributed by atoms with van der Waals surface area (Å²) in [5, 5.41) is -0.0341. The summed E-state index contributed by atoms with van der Waals surface area (Å²) in [5.41, 5.74) is 0.757. The van der Waals surface area contributed by atoms with E-state index in [4.69, 9.17) is 4.74 Å². The summed E-state index contributed by atoms with van der Waals surface area (Å²) in [6.45, 7) is 6.68. The van der Waals surface area contributed by atoms with E-state index in [2.05, 4.69) is 6.58 Å². The molecular formula is C13H17O5P. The van der Waals surface area contributed by atoms with Gasteiger partial charge in [0.05, 0.1) is 5.30 Å². The molecular weight excluding hydrogens is 267 g/mol. The second kappa shape index (κ2) is 6.15. The topological polar surface area (TPSA) is 83.8 Å². The first-order valence-corrected chi connectivity index (χ1v) is 7.33. The van der Waals surface area contributed by atoms with Gasteiger partial charge in [0.15, 0.2) is 0 Å². The molecule has 0 saturated heterocycles. The molecule has 1 aromatic rings. The molecule has 0 fully saturated rings. The highest BCUT2D eigenvalue weighted by atomic mass is 31.2. The molecule has 19 heavy (non-hydrogen) atoms. The highest BCUT2D eigenvalue weighted by Gasteiger charge is 2.22. The predicted octanol–water partition coefficient (Wildman–Crippen LogP) is 1.54. The predicted molar refractivity (Wildman–Crippen MR) is 72.2 cm³/mol. The van der Waals surface area contributed by atoms with Gasteiger partial charge in [0.1, 0.15) is 6.10 Å². The number of carbonyl (C=O) groups is 1. The fourth-order valence-electron chi connectivity index (χ4n) is 1.60. The minimum Gasteiger partial charge on any atom is -0.459 e. The van der Waals surface area contributed by atoms with Gasteiger partial charge in [-0.3, -0.25) is 4.57 Å². The van der Waals surface area contributed by atoms with Gasteiger partial charge in [-0.05, 0) is 25.5 Å². The zero-order chi connectivity index (χ0) is 14.6. The van der Waals surface area contributed by atoms with Crippen molar-refractivity contribution in [1.82, 2.24) is 0 Å². The molecule has 1 unspecified atom stereocenters. The second-order valence-electron chi connectivity index (χ2n) is 4.37. The Morgan fingerprint density at radius 3 is 2.53 bits per heavy atom. The van der Waals surface area contributed by atoms with Gasteiger partial charge in [-0.2, -0.15) is 0 Å². The molecule has 1 aromatic carbocycles. The lowest BCUT2D eigenvalue weighted by Gasteiger charge is -2.16. The number of hydrogen-bond acceptors (Lipinski definition) is 3. The zero-order valence-electron chi connectivity index (χ0n) is 10.9. The van der Waals surface area contributed by atoms with Crippen LogP contribution < -0.4 is 5.30 Å². The van der Waals surface area contributed by atoms with Crippen LogP contribution in [0, 0.1) is 0 Å². The van der Waals surface area contributed by atoms with Crippen molar-refractivity contribution in [2.75, 3.05) is 0 Å². The van der Waals surface area contributed by atoms with Gasteiger partial charge in [0, 0.05) is 12.0 Å². The summed E-state index contributed by atoms with van der Waals surface area (Å²) in [6, 6.07) is 6.23. The molecule has 104 valence electrons. The maximum atomic E-state index is 11.3. The first-order chi connectivity index (χ1) is 8.71. The summed E-state index contributed by atoms with van der Waals surface area (Å²) < 4.78 is 16.4. The molecule has 0 spiro atoms.